The summed E-state index contributed by atoms with van der Waals surface area (Å²) in [6.45, 7) is 0.776. The van der Waals surface area contributed by atoms with Crippen LogP contribution in [0.15, 0.2) is 24.3 Å². The van der Waals surface area contributed by atoms with Gasteiger partial charge in [-0.15, -0.1) is 6.42 Å². The molecule has 1 aliphatic heterocycles. The summed E-state index contributed by atoms with van der Waals surface area (Å²) in [5, 5.41) is 4.27. The van der Waals surface area contributed by atoms with Gasteiger partial charge in [0.2, 0.25) is 0 Å². The summed E-state index contributed by atoms with van der Waals surface area (Å²) in [6.07, 6.45) is 5.38. The van der Waals surface area contributed by atoms with Gasteiger partial charge in [0, 0.05) is 11.1 Å². The highest BCUT2D eigenvalue weighted by atomic mass is 16.5. The molecule has 0 fully saturated rings. The number of hydrogen-bond donors (Lipinski definition) is 1. The lowest BCUT2D eigenvalue weighted by molar-refractivity contribution is 0.0985. The predicted octanol–water partition coefficient (Wildman–Crippen LogP) is 0.983. The molecule has 0 saturated carbocycles. The number of carbonyl (C=O) groups is 1. The van der Waals surface area contributed by atoms with Crippen molar-refractivity contribution in [1.29, 1.82) is 0 Å². The lowest BCUT2D eigenvalue weighted by Gasteiger charge is -2.05. The maximum Gasteiger partial charge on any atom is 0.269 e. The van der Waals surface area contributed by atoms with Crippen LogP contribution in [0.5, 0.6) is 0 Å². The van der Waals surface area contributed by atoms with Crippen LogP contribution in [0, 0.1) is 12.3 Å². The summed E-state index contributed by atoms with van der Waals surface area (Å²) in [5.74, 6) is 2.02. The third-order valence-electron chi connectivity index (χ3n) is 3.07. The van der Waals surface area contributed by atoms with E-state index < -0.39 is 5.91 Å². The van der Waals surface area contributed by atoms with Gasteiger partial charge in [0.1, 0.15) is 0 Å². The lowest BCUT2D eigenvalue weighted by Crippen LogP contribution is -2.14. The highest BCUT2D eigenvalue weighted by molar-refractivity contribution is 5.92. The number of hydrogen-bond acceptors (Lipinski definition) is 3. The number of amides is 1. The number of terminal acetylenes is 1. The van der Waals surface area contributed by atoms with E-state index in [0.717, 1.165) is 22.5 Å². The van der Waals surface area contributed by atoms with Crippen molar-refractivity contribution in [3.05, 3.63) is 46.8 Å². The second-order valence-corrected chi connectivity index (χ2v) is 4.24. The fourth-order valence-corrected chi connectivity index (χ4v) is 2.17. The van der Waals surface area contributed by atoms with Crippen LogP contribution < -0.4 is 5.73 Å². The minimum Gasteiger partial charge on any atom is -0.370 e. The van der Waals surface area contributed by atoms with E-state index in [1.807, 2.05) is 24.3 Å². The van der Waals surface area contributed by atoms with Gasteiger partial charge in [0.15, 0.2) is 5.69 Å². The van der Waals surface area contributed by atoms with Gasteiger partial charge in [-0.1, -0.05) is 12.0 Å². The van der Waals surface area contributed by atoms with Gasteiger partial charge in [-0.3, -0.25) is 4.79 Å². The van der Waals surface area contributed by atoms with Crippen molar-refractivity contribution in [1.82, 2.24) is 9.78 Å². The quantitative estimate of drug-likeness (QED) is 0.811. The van der Waals surface area contributed by atoms with E-state index in [2.05, 4.69) is 11.0 Å². The molecule has 5 heteroatoms. The first-order valence-electron chi connectivity index (χ1n) is 5.76. The Bertz CT molecular complexity index is 710. The van der Waals surface area contributed by atoms with Gasteiger partial charge >= 0.3 is 0 Å². The number of rotatable bonds is 2. The summed E-state index contributed by atoms with van der Waals surface area (Å²) >= 11 is 0. The number of carbonyl (C=O) groups excluding carboxylic acids is 1. The number of nitrogens with zero attached hydrogens (tertiary/aromatic N) is 2. The zero-order chi connectivity index (χ0) is 13.4. The average Bonchev–Trinajstić information content (AvgIpc) is 2.99. The lowest BCUT2D eigenvalue weighted by atomic mass is 10.2. The maximum absolute atomic E-state index is 11.4. The molecular formula is C14H11N3O2. The molecule has 0 saturated heterocycles. The number of aromatic nitrogens is 2. The van der Waals surface area contributed by atoms with Crippen molar-refractivity contribution >= 4 is 5.91 Å². The van der Waals surface area contributed by atoms with Gasteiger partial charge in [0.05, 0.1) is 24.6 Å². The van der Waals surface area contributed by atoms with Gasteiger partial charge < -0.3 is 10.5 Å². The largest absolute Gasteiger partial charge is 0.370 e. The van der Waals surface area contributed by atoms with Gasteiger partial charge in [-0.25, -0.2) is 4.68 Å². The summed E-state index contributed by atoms with van der Waals surface area (Å²) in [6, 6.07) is 7.38. The van der Waals surface area contributed by atoms with Crippen LogP contribution >= 0.6 is 0 Å². The van der Waals surface area contributed by atoms with Gasteiger partial charge in [-0.05, 0) is 18.2 Å². The minimum absolute atomic E-state index is 0.263. The molecule has 94 valence electrons. The third kappa shape index (κ3) is 1.79. The van der Waals surface area contributed by atoms with E-state index in [1.54, 1.807) is 4.68 Å². The molecule has 1 aromatic carbocycles. The van der Waals surface area contributed by atoms with Crippen LogP contribution in [0.2, 0.25) is 0 Å². The van der Waals surface area contributed by atoms with Crippen molar-refractivity contribution in [2.75, 3.05) is 0 Å². The molecule has 2 heterocycles. The van der Waals surface area contributed by atoms with Crippen LogP contribution in [0.25, 0.3) is 5.69 Å². The van der Waals surface area contributed by atoms with Gasteiger partial charge in [-0.2, -0.15) is 5.10 Å². The first-order chi connectivity index (χ1) is 9.20. The molecule has 0 atom stereocenters. The zero-order valence-electron chi connectivity index (χ0n) is 10.1. The average molecular weight is 253 g/mol. The van der Waals surface area contributed by atoms with Crippen LogP contribution in [0.1, 0.15) is 27.3 Å². The van der Waals surface area contributed by atoms with Gasteiger partial charge in [0.25, 0.3) is 5.91 Å². The highest BCUT2D eigenvalue weighted by Gasteiger charge is 2.26. The number of fused-ring (bicyclic) bond motifs is 1. The number of nitrogens with two attached hydrogens (primary N) is 1. The monoisotopic (exact) mass is 253 g/mol. The van der Waals surface area contributed by atoms with E-state index >= 15 is 0 Å². The predicted molar refractivity (Wildman–Crippen MR) is 68.5 cm³/mol. The Labute approximate surface area is 110 Å². The van der Waals surface area contributed by atoms with Crippen molar-refractivity contribution in [3.63, 3.8) is 0 Å². The molecule has 5 nitrogen and oxygen atoms in total. The van der Waals surface area contributed by atoms with Crippen molar-refractivity contribution < 1.29 is 9.53 Å². The van der Waals surface area contributed by atoms with Crippen LogP contribution in [-0.2, 0) is 18.0 Å². The summed E-state index contributed by atoms with van der Waals surface area (Å²) in [5.41, 5.74) is 8.75. The van der Waals surface area contributed by atoms with Crippen LogP contribution in [0.3, 0.4) is 0 Å². The molecule has 0 radical (unpaired) electrons. The molecule has 0 bridgehead atoms. The SMILES string of the molecule is C#Cc1cccc(-n2nc(C(N)=O)c3c2COC3)c1. The first-order valence-corrected chi connectivity index (χ1v) is 5.76. The molecular weight excluding hydrogens is 242 g/mol. The minimum atomic E-state index is -0.548. The second kappa shape index (κ2) is 4.26. The van der Waals surface area contributed by atoms with E-state index in [4.69, 9.17) is 16.9 Å². The summed E-state index contributed by atoms with van der Waals surface area (Å²) < 4.78 is 7.03. The molecule has 19 heavy (non-hydrogen) atoms. The van der Waals surface area contributed by atoms with E-state index in [-0.39, 0.29) is 5.69 Å². The molecule has 0 spiro atoms. The molecule has 0 aliphatic carbocycles. The number of benzene rings is 1. The summed E-state index contributed by atoms with van der Waals surface area (Å²) in [7, 11) is 0. The number of ether oxygens (including phenoxy) is 1. The Morgan fingerprint density at radius 2 is 2.32 bits per heavy atom. The maximum atomic E-state index is 11.4. The van der Waals surface area contributed by atoms with E-state index in [0.29, 0.717) is 13.2 Å². The molecule has 1 aliphatic rings. The normalized spacial score (nSPS) is 13.0. The smallest absolute Gasteiger partial charge is 0.269 e. The van der Waals surface area contributed by atoms with E-state index in [1.165, 1.54) is 0 Å². The summed E-state index contributed by atoms with van der Waals surface area (Å²) in [4.78, 5) is 11.4. The second-order valence-electron chi connectivity index (χ2n) is 4.24. The molecule has 2 aromatic rings. The Morgan fingerprint density at radius 3 is 3.05 bits per heavy atom. The Balaban J connectivity index is 2.18. The molecule has 1 aromatic heterocycles. The zero-order valence-corrected chi connectivity index (χ0v) is 10.1. The molecule has 0 unspecified atom stereocenters. The van der Waals surface area contributed by atoms with Crippen molar-refractivity contribution in [2.45, 2.75) is 13.2 Å². The van der Waals surface area contributed by atoms with Crippen LogP contribution in [0.4, 0.5) is 0 Å². The molecule has 1 amide bonds. The first kappa shape index (κ1) is 11.5. The van der Waals surface area contributed by atoms with E-state index in [9.17, 15) is 4.79 Å². The Kier molecular flexibility index (Phi) is 2.58. The fourth-order valence-electron chi connectivity index (χ4n) is 2.17. The van der Waals surface area contributed by atoms with Crippen molar-refractivity contribution in [2.24, 2.45) is 5.73 Å². The Hall–Kier alpha value is -2.58. The topological polar surface area (TPSA) is 70.1 Å². The molecule has 3 rings (SSSR count). The molecule has 2 N–H and O–H groups in total. The highest BCUT2D eigenvalue weighted by Crippen LogP contribution is 2.26. The number of primary amides is 1. The standard InChI is InChI=1S/C14H11N3O2/c1-2-9-4-3-5-10(6-9)17-12-8-19-7-11(12)13(16-17)14(15)18/h1,3-6H,7-8H2,(H2,15,18). The Morgan fingerprint density at radius 1 is 1.47 bits per heavy atom. The fraction of sp³-hybridized carbons (Fsp3) is 0.143. The third-order valence-corrected chi connectivity index (χ3v) is 3.07. The van der Waals surface area contributed by atoms with Crippen LogP contribution in [-0.4, -0.2) is 15.7 Å². The van der Waals surface area contributed by atoms with Crippen molar-refractivity contribution in [3.8, 4) is 18.0 Å².